The number of phenolic OH excluding ortho intramolecular Hbond substituents is 1. The number of carbonyl (C=O) groups excluding carboxylic acids is 3. The van der Waals surface area contributed by atoms with E-state index in [9.17, 15) is 34.8 Å². The topological polar surface area (TPSA) is 132 Å². The second-order valence-electron chi connectivity index (χ2n) is 14.4. The zero-order chi connectivity index (χ0) is 31.7. The molecule has 3 aliphatic carbocycles. The third-order valence-electron chi connectivity index (χ3n) is 10.4. The Balaban J connectivity index is 1.99. The molecule has 1 aromatic carbocycles. The van der Waals surface area contributed by atoms with Crippen LogP contribution in [0.3, 0.4) is 0 Å². The number of aryl methyl sites for hydroxylation is 1. The van der Waals surface area contributed by atoms with Crippen molar-refractivity contribution in [1.29, 1.82) is 0 Å². The molecule has 7 nitrogen and oxygen atoms in total. The summed E-state index contributed by atoms with van der Waals surface area (Å²) in [6.07, 6.45) is 3.98. The Morgan fingerprint density at radius 1 is 1.05 bits per heavy atom. The molecule has 0 radical (unpaired) electrons. The summed E-state index contributed by atoms with van der Waals surface area (Å²) in [6, 6.07) is 2.01. The van der Waals surface area contributed by atoms with Gasteiger partial charge in [-0.3, -0.25) is 14.4 Å². The van der Waals surface area contributed by atoms with Crippen LogP contribution in [0.5, 0.6) is 5.75 Å². The Bertz CT molecular complexity index is 1410. The van der Waals surface area contributed by atoms with E-state index in [4.69, 9.17) is 0 Å². The van der Waals surface area contributed by atoms with E-state index in [1.54, 1.807) is 6.92 Å². The van der Waals surface area contributed by atoms with Gasteiger partial charge in [-0.2, -0.15) is 0 Å². The highest BCUT2D eigenvalue weighted by Crippen LogP contribution is 2.65. The summed E-state index contributed by atoms with van der Waals surface area (Å²) in [5.74, 6) is -4.30. The van der Waals surface area contributed by atoms with Gasteiger partial charge in [0.05, 0.1) is 5.56 Å². The number of phenols is 1. The number of hydrogen-bond acceptors (Lipinski definition) is 7. The molecule has 0 aliphatic heterocycles. The highest BCUT2D eigenvalue weighted by atomic mass is 16.3. The molecule has 0 heterocycles. The zero-order valence-electron chi connectivity index (χ0n) is 26.6. The largest absolute Gasteiger partial charge is 0.511 e. The lowest BCUT2D eigenvalue weighted by Gasteiger charge is -2.59. The van der Waals surface area contributed by atoms with Crippen LogP contribution in [-0.4, -0.2) is 43.4 Å². The normalized spacial score (nSPS) is 30.0. The first kappa shape index (κ1) is 32.0. The van der Waals surface area contributed by atoms with Crippen LogP contribution in [0.15, 0.2) is 28.7 Å². The number of rotatable bonds is 8. The van der Waals surface area contributed by atoms with Crippen molar-refractivity contribution < 1.29 is 34.8 Å². The summed E-state index contributed by atoms with van der Waals surface area (Å²) in [5, 5.41) is 47.0. The molecule has 0 spiro atoms. The van der Waals surface area contributed by atoms with E-state index < -0.39 is 51.0 Å². The maximum absolute atomic E-state index is 14.4. The van der Waals surface area contributed by atoms with E-state index >= 15 is 0 Å². The quantitative estimate of drug-likeness (QED) is 0.248. The Hall–Kier alpha value is -2.93. The van der Waals surface area contributed by atoms with Gasteiger partial charge in [0.15, 0.2) is 17.2 Å². The lowest BCUT2D eigenvalue weighted by atomic mass is 9.44. The molecule has 0 aromatic heterocycles. The molecule has 0 amide bonds. The fourth-order valence-electron chi connectivity index (χ4n) is 8.63. The molecular formula is C35H48O7. The fraction of sp³-hybridized carbons (Fsp3) is 0.629. The third-order valence-corrected chi connectivity index (χ3v) is 10.4. The SMILES string of the molecule is CCCC(C)CCc1cc(C(C)C)c2c(c1O)C(=O)C1=C(O)[C@@]3(O)C(=O)C(C(C)=O)=C(O)C(C(C)C)[C@@]3(C)C[C@@]1(C)C2. The fourth-order valence-corrected chi connectivity index (χ4v) is 8.63. The van der Waals surface area contributed by atoms with Crippen molar-refractivity contribution in [3.63, 3.8) is 0 Å². The van der Waals surface area contributed by atoms with Crippen LogP contribution in [-0.2, 0) is 22.4 Å². The van der Waals surface area contributed by atoms with Gasteiger partial charge in [0.1, 0.15) is 22.8 Å². The Morgan fingerprint density at radius 3 is 2.19 bits per heavy atom. The zero-order valence-corrected chi connectivity index (χ0v) is 26.6. The summed E-state index contributed by atoms with van der Waals surface area (Å²) in [5.41, 5.74) is -3.18. The maximum Gasteiger partial charge on any atom is 0.209 e. The molecule has 0 bridgehead atoms. The monoisotopic (exact) mass is 580 g/mol. The standard InChI is InChI=1S/C35H48O7/c1-10-11-19(6)12-13-21-14-22(17(2)3)23-15-33(8)16-34(9)26(18(4)5)29(38)24(20(7)36)31(40)35(34,42)32(41)27(33)30(39)25(23)28(21)37/h14,17-19,26,37-38,41-42H,10-13,15-16H2,1-9H3/t19?,26?,33-,34-,35+/m1/s1. The first-order valence-corrected chi connectivity index (χ1v) is 15.5. The molecule has 2 unspecified atom stereocenters. The number of Topliss-reactive ketones (excluding diaryl/α,β-unsaturated/α-hetero) is 3. The van der Waals surface area contributed by atoms with Crippen LogP contribution in [0.25, 0.3) is 0 Å². The summed E-state index contributed by atoms with van der Waals surface area (Å²) >= 11 is 0. The van der Waals surface area contributed by atoms with Gasteiger partial charge in [-0.1, -0.05) is 74.3 Å². The van der Waals surface area contributed by atoms with Crippen LogP contribution in [0, 0.1) is 28.6 Å². The minimum absolute atomic E-state index is 0.0579. The van der Waals surface area contributed by atoms with Crippen molar-refractivity contribution in [2.45, 2.75) is 112 Å². The molecule has 230 valence electrons. The summed E-state index contributed by atoms with van der Waals surface area (Å²) in [4.78, 5) is 40.9. The van der Waals surface area contributed by atoms with Gasteiger partial charge in [0.2, 0.25) is 5.78 Å². The highest BCUT2D eigenvalue weighted by Gasteiger charge is 2.71. The first-order chi connectivity index (χ1) is 19.4. The van der Waals surface area contributed by atoms with E-state index in [1.807, 2.05) is 40.7 Å². The Morgan fingerprint density at radius 2 is 1.67 bits per heavy atom. The number of aliphatic hydroxyl groups excluding tert-OH is 2. The average Bonchev–Trinajstić information content (AvgIpc) is 2.85. The van der Waals surface area contributed by atoms with Gasteiger partial charge in [0, 0.05) is 22.3 Å². The lowest BCUT2D eigenvalue weighted by Crippen LogP contribution is -2.67. The molecule has 4 rings (SSSR count). The van der Waals surface area contributed by atoms with E-state index in [0.29, 0.717) is 24.3 Å². The van der Waals surface area contributed by atoms with E-state index in [2.05, 4.69) is 13.8 Å². The minimum Gasteiger partial charge on any atom is -0.511 e. The van der Waals surface area contributed by atoms with Gasteiger partial charge in [-0.25, -0.2) is 0 Å². The van der Waals surface area contributed by atoms with Crippen molar-refractivity contribution in [1.82, 2.24) is 0 Å². The number of aliphatic hydroxyl groups is 3. The predicted octanol–water partition coefficient (Wildman–Crippen LogP) is 6.84. The van der Waals surface area contributed by atoms with E-state index in [0.717, 1.165) is 37.3 Å². The number of fused-ring (bicyclic) bond motifs is 3. The summed E-state index contributed by atoms with van der Waals surface area (Å²) < 4.78 is 0. The summed E-state index contributed by atoms with van der Waals surface area (Å²) in [7, 11) is 0. The van der Waals surface area contributed by atoms with Crippen molar-refractivity contribution in [3.05, 3.63) is 51.0 Å². The van der Waals surface area contributed by atoms with E-state index in [1.165, 1.54) is 0 Å². The van der Waals surface area contributed by atoms with Crippen LogP contribution < -0.4 is 0 Å². The minimum atomic E-state index is -2.60. The Kier molecular flexibility index (Phi) is 8.12. The molecular weight excluding hydrogens is 532 g/mol. The number of allylic oxidation sites excluding steroid dienone is 2. The van der Waals surface area contributed by atoms with Gasteiger partial charge in [0.25, 0.3) is 0 Å². The van der Waals surface area contributed by atoms with Crippen LogP contribution in [0.1, 0.15) is 121 Å². The molecule has 3 aliphatic rings. The van der Waals surface area contributed by atoms with Crippen molar-refractivity contribution in [2.24, 2.45) is 28.6 Å². The summed E-state index contributed by atoms with van der Waals surface area (Å²) in [6.45, 7) is 16.7. The average molecular weight is 581 g/mol. The van der Waals surface area contributed by atoms with Gasteiger partial charge >= 0.3 is 0 Å². The molecule has 1 aromatic rings. The van der Waals surface area contributed by atoms with Crippen molar-refractivity contribution in [2.75, 3.05) is 0 Å². The maximum atomic E-state index is 14.4. The van der Waals surface area contributed by atoms with Crippen LogP contribution in [0.2, 0.25) is 0 Å². The third kappa shape index (κ3) is 4.37. The second kappa shape index (κ2) is 10.7. The first-order valence-electron chi connectivity index (χ1n) is 15.5. The molecule has 7 heteroatoms. The number of hydrogen-bond donors (Lipinski definition) is 4. The van der Waals surface area contributed by atoms with Gasteiger partial charge in [-0.15, -0.1) is 0 Å². The van der Waals surface area contributed by atoms with Crippen LogP contribution in [0.4, 0.5) is 0 Å². The predicted molar refractivity (Wildman–Crippen MR) is 162 cm³/mol. The van der Waals surface area contributed by atoms with Crippen molar-refractivity contribution in [3.8, 4) is 5.75 Å². The molecule has 0 saturated heterocycles. The Labute approximate surface area is 249 Å². The molecule has 4 N–H and O–H groups in total. The lowest BCUT2D eigenvalue weighted by molar-refractivity contribution is -0.171. The molecule has 0 fully saturated rings. The van der Waals surface area contributed by atoms with E-state index in [-0.39, 0.29) is 40.9 Å². The van der Waals surface area contributed by atoms with Gasteiger partial charge in [-0.05, 0) is 67.1 Å². The van der Waals surface area contributed by atoms with Gasteiger partial charge < -0.3 is 20.4 Å². The molecule has 42 heavy (non-hydrogen) atoms. The number of ketones is 3. The number of carbonyl (C=O) groups is 3. The molecule has 0 saturated carbocycles. The number of aromatic hydroxyl groups is 1. The molecule has 5 atom stereocenters. The number of benzene rings is 1. The van der Waals surface area contributed by atoms with Crippen LogP contribution >= 0.6 is 0 Å². The van der Waals surface area contributed by atoms with Crippen molar-refractivity contribution >= 4 is 17.3 Å². The smallest absolute Gasteiger partial charge is 0.209 e. The highest BCUT2D eigenvalue weighted by molar-refractivity contribution is 6.25. The second-order valence-corrected chi connectivity index (χ2v) is 14.4.